The molecule has 0 radical (unpaired) electrons. The highest BCUT2D eigenvalue weighted by Gasteiger charge is 2.12. The third kappa shape index (κ3) is 4.51. The Morgan fingerprint density at radius 2 is 2.09 bits per heavy atom. The maximum atomic E-state index is 12.4. The minimum absolute atomic E-state index is 0.268. The fourth-order valence-corrected chi connectivity index (χ4v) is 2.04. The predicted octanol–water partition coefficient (Wildman–Crippen LogP) is 3.12. The van der Waals surface area contributed by atoms with Crippen molar-refractivity contribution in [2.45, 2.75) is 26.7 Å². The summed E-state index contributed by atoms with van der Waals surface area (Å²) in [6.07, 6.45) is 2.11. The lowest BCUT2D eigenvalue weighted by Gasteiger charge is -2.09. The Morgan fingerprint density at radius 1 is 1.30 bits per heavy atom. The summed E-state index contributed by atoms with van der Waals surface area (Å²) in [5.74, 6) is 0.784. The number of amides is 1. The number of hydrogen-bond donors (Lipinski definition) is 2. The van der Waals surface area contributed by atoms with Crippen LogP contribution in [0, 0.1) is 18.3 Å². The van der Waals surface area contributed by atoms with Gasteiger partial charge in [0.1, 0.15) is 23.4 Å². The molecule has 0 saturated heterocycles. The summed E-state index contributed by atoms with van der Waals surface area (Å²) in [6.45, 7) is 4.65. The molecule has 0 unspecified atom stereocenters. The summed E-state index contributed by atoms with van der Waals surface area (Å²) in [5, 5.41) is 15.0. The van der Waals surface area contributed by atoms with Gasteiger partial charge in [-0.05, 0) is 25.5 Å². The lowest BCUT2D eigenvalue weighted by atomic mass is 10.2. The van der Waals surface area contributed by atoms with E-state index in [2.05, 4.69) is 27.5 Å². The van der Waals surface area contributed by atoms with E-state index in [1.54, 1.807) is 37.3 Å². The molecule has 2 rings (SSSR count). The van der Waals surface area contributed by atoms with E-state index in [1.807, 2.05) is 6.07 Å². The van der Waals surface area contributed by atoms with Crippen molar-refractivity contribution in [1.82, 2.24) is 9.97 Å². The van der Waals surface area contributed by atoms with Crippen LogP contribution in [0.3, 0.4) is 0 Å². The van der Waals surface area contributed by atoms with Crippen LogP contribution in [-0.2, 0) is 0 Å². The van der Waals surface area contributed by atoms with Crippen LogP contribution in [0.5, 0.6) is 0 Å². The van der Waals surface area contributed by atoms with E-state index < -0.39 is 0 Å². The van der Waals surface area contributed by atoms with E-state index in [1.165, 1.54) is 0 Å². The SMILES string of the molecule is CCCCNc1cc(C(=O)Nc2ccccc2C#N)nc(C)n1. The van der Waals surface area contributed by atoms with Crippen molar-refractivity contribution in [3.63, 3.8) is 0 Å². The molecule has 1 aromatic carbocycles. The van der Waals surface area contributed by atoms with E-state index in [-0.39, 0.29) is 11.6 Å². The molecule has 1 aromatic heterocycles. The van der Waals surface area contributed by atoms with Gasteiger partial charge in [0.15, 0.2) is 0 Å². The molecule has 0 aliphatic heterocycles. The second-order valence-electron chi connectivity index (χ2n) is 5.08. The zero-order chi connectivity index (χ0) is 16.7. The highest BCUT2D eigenvalue weighted by Crippen LogP contribution is 2.15. The number of aromatic nitrogens is 2. The lowest BCUT2D eigenvalue weighted by Crippen LogP contribution is -2.16. The Kier molecular flexibility index (Phi) is 5.64. The molecule has 0 spiro atoms. The minimum atomic E-state index is -0.364. The van der Waals surface area contributed by atoms with Gasteiger partial charge in [0.05, 0.1) is 11.3 Å². The molecule has 118 valence electrons. The van der Waals surface area contributed by atoms with Gasteiger partial charge in [-0.3, -0.25) is 4.79 Å². The van der Waals surface area contributed by atoms with Crippen LogP contribution in [0.1, 0.15) is 41.6 Å². The van der Waals surface area contributed by atoms with Gasteiger partial charge in [0, 0.05) is 12.6 Å². The van der Waals surface area contributed by atoms with Crippen molar-refractivity contribution in [3.05, 3.63) is 47.4 Å². The molecule has 6 heteroatoms. The molecular weight excluding hydrogens is 290 g/mol. The Labute approximate surface area is 135 Å². The molecule has 1 amide bonds. The van der Waals surface area contributed by atoms with Crippen molar-refractivity contribution in [2.24, 2.45) is 0 Å². The van der Waals surface area contributed by atoms with Gasteiger partial charge in [-0.15, -0.1) is 0 Å². The van der Waals surface area contributed by atoms with Gasteiger partial charge in [0.2, 0.25) is 0 Å². The van der Waals surface area contributed by atoms with Crippen molar-refractivity contribution < 1.29 is 4.79 Å². The van der Waals surface area contributed by atoms with Gasteiger partial charge >= 0.3 is 0 Å². The third-order valence-electron chi connectivity index (χ3n) is 3.20. The van der Waals surface area contributed by atoms with Gasteiger partial charge in [-0.1, -0.05) is 25.5 Å². The number of rotatable bonds is 6. The van der Waals surface area contributed by atoms with Crippen LogP contribution < -0.4 is 10.6 Å². The molecule has 0 aliphatic rings. The standard InChI is InChI=1S/C17H19N5O/c1-3-4-9-19-16-10-15(20-12(2)21-16)17(23)22-14-8-6-5-7-13(14)11-18/h5-8,10H,3-4,9H2,1-2H3,(H,22,23)(H,19,20,21). The summed E-state index contributed by atoms with van der Waals surface area (Å²) < 4.78 is 0. The number of carbonyl (C=O) groups excluding carboxylic acids is 1. The molecule has 0 bridgehead atoms. The highest BCUT2D eigenvalue weighted by atomic mass is 16.1. The van der Waals surface area contributed by atoms with Crippen molar-refractivity contribution in [3.8, 4) is 6.07 Å². The molecule has 2 N–H and O–H groups in total. The summed E-state index contributed by atoms with van der Waals surface area (Å²) in [6, 6.07) is 10.5. The van der Waals surface area contributed by atoms with E-state index in [4.69, 9.17) is 5.26 Å². The van der Waals surface area contributed by atoms with Crippen LogP contribution in [0.25, 0.3) is 0 Å². The fourth-order valence-electron chi connectivity index (χ4n) is 2.04. The van der Waals surface area contributed by atoms with Crippen LogP contribution in [-0.4, -0.2) is 22.4 Å². The first-order chi connectivity index (χ1) is 11.1. The van der Waals surface area contributed by atoms with Gasteiger partial charge in [-0.25, -0.2) is 9.97 Å². The first kappa shape index (κ1) is 16.4. The number of aryl methyl sites for hydroxylation is 1. The quantitative estimate of drug-likeness (QED) is 0.800. The lowest BCUT2D eigenvalue weighted by molar-refractivity contribution is 0.102. The second kappa shape index (κ2) is 7.90. The number of hydrogen-bond acceptors (Lipinski definition) is 5. The number of nitrogens with zero attached hydrogens (tertiary/aromatic N) is 3. The largest absolute Gasteiger partial charge is 0.370 e. The number of nitriles is 1. The number of benzene rings is 1. The molecule has 0 aliphatic carbocycles. The van der Waals surface area contributed by atoms with E-state index in [0.29, 0.717) is 22.9 Å². The van der Waals surface area contributed by atoms with Crippen molar-refractivity contribution in [1.29, 1.82) is 5.26 Å². The van der Waals surface area contributed by atoms with E-state index in [9.17, 15) is 4.79 Å². The topological polar surface area (TPSA) is 90.7 Å². The van der Waals surface area contributed by atoms with Crippen LogP contribution in [0.15, 0.2) is 30.3 Å². The molecule has 23 heavy (non-hydrogen) atoms. The number of para-hydroxylation sites is 1. The summed E-state index contributed by atoms with van der Waals surface area (Å²) >= 11 is 0. The number of unbranched alkanes of at least 4 members (excludes halogenated alkanes) is 1. The Hall–Kier alpha value is -2.94. The average molecular weight is 309 g/mol. The molecule has 0 fully saturated rings. The Bertz CT molecular complexity index is 736. The summed E-state index contributed by atoms with van der Waals surface area (Å²) in [7, 11) is 0. The Morgan fingerprint density at radius 3 is 2.83 bits per heavy atom. The van der Waals surface area contributed by atoms with E-state index >= 15 is 0 Å². The highest BCUT2D eigenvalue weighted by molar-refractivity contribution is 6.03. The van der Waals surface area contributed by atoms with Gasteiger partial charge in [-0.2, -0.15) is 5.26 Å². The first-order valence-corrected chi connectivity index (χ1v) is 7.54. The smallest absolute Gasteiger partial charge is 0.274 e. The third-order valence-corrected chi connectivity index (χ3v) is 3.20. The molecule has 1 heterocycles. The summed E-state index contributed by atoms with van der Waals surface area (Å²) in [4.78, 5) is 20.8. The molecular formula is C17H19N5O. The molecule has 6 nitrogen and oxygen atoms in total. The second-order valence-corrected chi connectivity index (χ2v) is 5.08. The minimum Gasteiger partial charge on any atom is -0.370 e. The molecule has 2 aromatic rings. The Balaban J connectivity index is 2.17. The fraction of sp³-hybridized carbons (Fsp3) is 0.294. The summed E-state index contributed by atoms with van der Waals surface area (Å²) in [5.41, 5.74) is 1.15. The predicted molar refractivity (Wildman–Crippen MR) is 89.3 cm³/mol. The first-order valence-electron chi connectivity index (χ1n) is 7.54. The maximum Gasteiger partial charge on any atom is 0.274 e. The monoisotopic (exact) mass is 309 g/mol. The number of nitrogens with one attached hydrogen (secondary N) is 2. The maximum absolute atomic E-state index is 12.4. The molecule has 0 atom stereocenters. The van der Waals surface area contributed by atoms with Crippen LogP contribution in [0.2, 0.25) is 0 Å². The normalized spacial score (nSPS) is 9.96. The molecule has 0 saturated carbocycles. The van der Waals surface area contributed by atoms with Crippen LogP contribution in [0.4, 0.5) is 11.5 Å². The van der Waals surface area contributed by atoms with Crippen molar-refractivity contribution in [2.75, 3.05) is 17.2 Å². The average Bonchev–Trinajstić information content (AvgIpc) is 2.55. The van der Waals surface area contributed by atoms with Gasteiger partial charge in [0.25, 0.3) is 5.91 Å². The zero-order valence-electron chi connectivity index (χ0n) is 13.3. The van der Waals surface area contributed by atoms with Crippen LogP contribution >= 0.6 is 0 Å². The van der Waals surface area contributed by atoms with Gasteiger partial charge < -0.3 is 10.6 Å². The zero-order valence-corrected chi connectivity index (χ0v) is 13.3. The number of anilines is 2. The van der Waals surface area contributed by atoms with E-state index in [0.717, 1.165) is 19.4 Å². The number of carbonyl (C=O) groups is 1. The van der Waals surface area contributed by atoms with Crippen molar-refractivity contribution >= 4 is 17.4 Å².